The lowest BCUT2D eigenvalue weighted by Gasteiger charge is -2.17. The van der Waals surface area contributed by atoms with Gasteiger partial charge in [-0.3, -0.25) is 9.59 Å². The van der Waals surface area contributed by atoms with E-state index in [4.69, 9.17) is 10.8 Å². The van der Waals surface area contributed by atoms with Gasteiger partial charge < -0.3 is 16.2 Å². The Kier molecular flexibility index (Phi) is 7.54. The van der Waals surface area contributed by atoms with E-state index in [0.29, 0.717) is 19.4 Å². The molecular formula is C12H24N2O3. The van der Waals surface area contributed by atoms with E-state index in [0.717, 1.165) is 6.42 Å². The van der Waals surface area contributed by atoms with Crippen LogP contribution in [0.4, 0.5) is 0 Å². The van der Waals surface area contributed by atoms with Crippen LogP contribution < -0.4 is 11.1 Å². The number of hydrogen-bond acceptors (Lipinski definition) is 3. The summed E-state index contributed by atoms with van der Waals surface area (Å²) < 4.78 is 0. The highest BCUT2D eigenvalue weighted by atomic mass is 16.4. The molecule has 1 amide bonds. The fraction of sp³-hybridized carbons (Fsp3) is 0.833. The lowest BCUT2D eigenvalue weighted by molar-refractivity contribution is -0.141. The van der Waals surface area contributed by atoms with Gasteiger partial charge in [0.2, 0.25) is 5.91 Å². The van der Waals surface area contributed by atoms with Crippen LogP contribution in [0.15, 0.2) is 0 Å². The second-order valence-corrected chi connectivity index (χ2v) is 4.58. The first-order valence-corrected chi connectivity index (χ1v) is 6.16. The molecule has 5 nitrogen and oxygen atoms in total. The molecule has 0 heterocycles. The molecule has 0 rings (SSSR count). The third-order valence-electron chi connectivity index (χ3n) is 3.09. The smallest absolute Gasteiger partial charge is 0.306 e. The van der Waals surface area contributed by atoms with Crippen LogP contribution in [0.3, 0.4) is 0 Å². The summed E-state index contributed by atoms with van der Waals surface area (Å²) in [5, 5.41) is 11.4. The molecule has 0 radical (unpaired) electrons. The lowest BCUT2D eigenvalue weighted by Crippen LogP contribution is -2.44. The SMILES string of the molecule is CCC(C)[C@H](N)C(=O)NCCCC(C)C(=O)O. The van der Waals surface area contributed by atoms with Crippen molar-refractivity contribution in [1.29, 1.82) is 0 Å². The van der Waals surface area contributed by atoms with Gasteiger partial charge in [0.1, 0.15) is 0 Å². The maximum Gasteiger partial charge on any atom is 0.306 e. The highest BCUT2D eigenvalue weighted by molar-refractivity contribution is 5.81. The van der Waals surface area contributed by atoms with Crippen molar-refractivity contribution < 1.29 is 14.7 Å². The first-order valence-electron chi connectivity index (χ1n) is 6.16. The average molecular weight is 244 g/mol. The van der Waals surface area contributed by atoms with Gasteiger partial charge in [-0.05, 0) is 18.8 Å². The Balaban J connectivity index is 3.75. The quantitative estimate of drug-likeness (QED) is 0.555. The zero-order chi connectivity index (χ0) is 13.4. The Morgan fingerprint density at radius 3 is 2.41 bits per heavy atom. The van der Waals surface area contributed by atoms with Crippen molar-refractivity contribution in [3.8, 4) is 0 Å². The van der Waals surface area contributed by atoms with Gasteiger partial charge >= 0.3 is 5.97 Å². The summed E-state index contributed by atoms with van der Waals surface area (Å²) in [6, 6.07) is -0.475. The standard InChI is InChI=1S/C12H24N2O3/c1-4-8(2)10(13)11(15)14-7-5-6-9(3)12(16)17/h8-10H,4-7,13H2,1-3H3,(H,14,15)(H,16,17)/t8?,9?,10-/m0/s1. The van der Waals surface area contributed by atoms with Crippen LogP contribution in [0.5, 0.6) is 0 Å². The Morgan fingerprint density at radius 1 is 1.35 bits per heavy atom. The van der Waals surface area contributed by atoms with Crippen LogP contribution in [0.1, 0.15) is 40.0 Å². The number of rotatable bonds is 8. The Labute approximate surface area is 103 Å². The fourth-order valence-electron chi connectivity index (χ4n) is 1.37. The second-order valence-electron chi connectivity index (χ2n) is 4.58. The van der Waals surface area contributed by atoms with Crippen molar-refractivity contribution in [2.24, 2.45) is 17.6 Å². The van der Waals surface area contributed by atoms with Crippen LogP contribution in [-0.2, 0) is 9.59 Å². The molecule has 0 bridgehead atoms. The van der Waals surface area contributed by atoms with Gasteiger partial charge in [-0.15, -0.1) is 0 Å². The molecule has 0 aliphatic carbocycles. The summed E-state index contributed by atoms with van der Waals surface area (Å²) >= 11 is 0. The van der Waals surface area contributed by atoms with Crippen molar-refractivity contribution >= 4 is 11.9 Å². The van der Waals surface area contributed by atoms with Crippen molar-refractivity contribution in [2.45, 2.75) is 46.1 Å². The molecule has 100 valence electrons. The number of nitrogens with two attached hydrogens (primary N) is 1. The zero-order valence-corrected chi connectivity index (χ0v) is 10.9. The summed E-state index contributed by atoms with van der Waals surface area (Å²) in [5.74, 6) is -1.15. The van der Waals surface area contributed by atoms with E-state index < -0.39 is 12.0 Å². The topological polar surface area (TPSA) is 92.4 Å². The van der Waals surface area contributed by atoms with Crippen LogP contribution in [0.25, 0.3) is 0 Å². The number of carbonyl (C=O) groups is 2. The summed E-state index contributed by atoms with van der Waals surface area (Å²) in [6.45, 7) is 6.08. The Hall–Kier alpha value is -1.10. The van der Waals surface area contributed by atoms with Crippen LogP contribution >= 0.6 is 0 Å². The number of carbonyl (C=O) groups excluding carboxylic acids is 1. The number of amides is 1. The monoisotopic (exact) mass is 244 g/mol. The minimum absolute atomic E-state index is 0.151. The maximum atomic E-state index is 11.6. The fourth-order valence-corrected chi connectivity index (χ4v) is 1.37. The maximum absolute atomic E-state index is 11.6. The number of aliphatic carboxylic acids is 1. The van der Waals surface area contributed by atoms with Gasteiger partial charge in [-0.1, -0.05) is 27.2 Å². The van der Waals surface area contributed by atoms with E-state index in [1.807, 2.05) is 13.8 Å². The molecule has 17 heavy (non-hydrogen) atoms. The Morgan fingerprint density at radius 2 is 1.94 bits per heavy atom. The van der Waals surface area contributed by atoms with Gasteiger partial charge in [0.15, 0.2) is 0 Å². The molecule has 0 saturated carbocycles. The molecule has 0 saturated heterocycles. The molecule has 0 aromatic rings. The first-order chi connectivity index (χ1) is 7.90. The minimum atomic E-state index is -0.798. The van der Waals surface area contributed by atoms with Crippen molar-refractivity contribution in [1.82, 2.24) is 5.32 Å². The van der Waals surface area contributed by atoms with E-state index in [1.54, 1.807) is 6.92 Å². The molecule has 5 heteroatoms. The van der Waals surface area contributed by atoms with E-state index >= 15 is 0 Å². The summed E-state index contributed by atoms with van der Waals surface area (Å²) in [4.78, 5) is 22.1. The zero-order valence-electron chi connectivity index (χ0n) is 10.9. The molecule has 4 N–H and O–H groups in total. The normalized spacial score (nSPS) is 16.0. The van der Waals surface area contributed by atoms with E-state index in [2.05, 4.69) is 5.32 Å². The Bertz CT molecular complexity index is 256. The first kappa shape index (κ1) is 15.9. The van der Waals surface area contributed by atoms with E-state index in [9.17, 15) is 9.59 Å². The molecule has 0 aliphatic rings. The van der Waals surface area contributed by atoms with Gasteiger partial charge in [0, 0.05) is 6.54 Å². The van der Waals surface area contributed by atoms with Gasteiger partial charge in [-0.2, -0.15) is 0 Å². The summed E-state index contributed by atoms with van der Waals surface area (Å²) in [6.07, 6.45) is 2.09. The van der Waals surface area contributed by atoms with Crippen LogP contribution in [-0.4, -0.2) is 29.6 Å². The number of carboxylic acid groups (broad SMARTS) is 1. The molecule has 0 aliphatic heterocycles. The number of carboxylic acids is 1. The minimum Gasteiger partial charge on any atom is -0.481 e. The predicted molar refractivity (Wildman–Crippen MR) is 66.5 cm³/mol. The van der Waals surface area contributed by atoms with Crippen molar-refractivity contribution in [3.63, 3.8) is 0 Å². The van der Waals surface area contributed by atoms with Gasteiger partial charge in [0.05, 0.1) is 12.0 Å². The molecule has 2 unspecified atom stereocenters. The summed E-state index contributed by atoms with van der Waals surface area (Å²) in [5.41, 5.74) is 5.76. The second kappa shape index (κ2) is 8.06. The van der Waals surface area contributed by atoms with Gasteiger partial charge in [0.25, 0.3) is 0 Å². The number of hydrogen-bond donors (Lipinski definition) is 3. The molecule has 0 aromatic heterocycles. The third kappa shape index (κ3) is 6.26. The predicted octanol–water partition coefficient (Wildman–Crippen LogP) is 0.977. The number of nitrogens with one attached hydrogen (secondary N) is 1. The van der Waals surface area contributed by atoms with Gasteiger partial charge in [-0.25, -0.2) is 0 Å². The van der Waals surface area contributed by atoms with E-state index in [1.165, 1.54) is 0 Å². The van der Waals surface area contributed by atoms with Crippen molar-refractivity contribution in [2.75, 3.05) is 6.54 Å². The van der Waals surface area contributed by atoms with Crippen LogP contribution in [0.2, 0.25) is 0 Å². The highest BCUT2D eigenvalue weighted by Crippen LogP contribution is 2.06. The van der Waals surface area contributed by atoms with E-state index in [-0.39, 0.29) is 17.7 Å². The third-order valence-corrected chi connectivity index (χ3v) is 3.09. The lowest BCUT2D eigenvalue weighted by atomic mass is 9.99. The van der Waals surface area contributed by atoms with Crippen LogP contribution in [0, 0.1) is 11.8 Å². The molecule has 0 aromatic carbocycles. The van der Waals surface area contributed by atoms with Crippen molar-refractivity contribution in [3.05, 3.63) is 0 Å². The molecule has 0 fully saturated rings. The highest BCUT2D eigenvalue weighted by Gasteiger charge is 2.18. The molecule has 0 spiro atoms. The summed E-state index contributed by atoms with van der Waals surface area (Å²) in [7, 11) is 0. The molecular weight excluding hydrogens is 220 g/mol. The largest absolute Gasteiger partial charge is 0.481 e. The average Bonchev–Trinajstić information content (AvgIpc) is 2.31. The molecule has 3 atom stereocenters.